The highest BCUT2D eigenvalue weighted by Crippen LogP contribution is 2.24. The van der Waals surface area contributed by atoms with Crippen LogP contribution >= 0.6 is 0 Å². The van der Waals surface area contributed by atoms with Crippen LogP contribution in [-0.2, 0) is 20.7 Å². The summed E-state index contributed by atoms with van der Waals surface area (Å²) in [6.45, 7) is 4.24. The molecule has 0 fully saturated rings. The normalized spacial score (nSPS) is 17.4. The molecule has 1 N–H and O–H groups in total. The largest absolute Gasteiger partial charge is 0.463 e. The molecule has 1 aromatic carbocycles. The maximum atomic E-state index is 11.9. The lowest BCUT2D eigenvalue weighted by molar-refractivity contribution is -0.149. The third-order valence-electron chi connectivity index (χ3n) is 3.18. The van der Waals surface area contributed by atoms with E-state index < -0.39 is 0 Å². The zero-order valence-electron chi connectivity index (χ0n) is 11.4. The van der Waals surface area contributed by atoms with E-state index in [9.17, 15) is 4.79 Å². The van der Waals surface area contributed by atoms with E-state index in [2.05, 4.69) is 12.2 Å². The number of carbonyl (C=O) groups excluding carboxylic acids is 1. The van der Waals surface area contributed by atoms with Crippen LogP contribution in [0.2, 0.25) is 0 Å². The fourth-order valence-electron chi connectivity index (χ4n) is 2.17. The molecule has 1 atom stereocenters. The summed E-state index contributed by atoms with van der Waals surface area (Å²) in [6.07, 6.45) is 1.73. The number of hydrogen-bond acceptors (Lipinski definition) is 4. The summed E-state index contributed by atoms with van der Waals surface area (Å²) >= 11 is 0. The summed E-state index contributed by atoms with van der Waals surface area (Å²) in [5.41, 5.74) is 2.30. The van der Waals surface area contributed by atoms with Gasteiger partial charge < -0.3 is 14.8 Å². The van der Waals surface area contributed by atoms with Crippen LogP contribution in [0.5, 0.6) is 0 Å². The molecule has 0 radical (unpaired) electrons. The summed E-state index contributed by atoms with van der Waals surface area (Å²) < 4.78 is 10.5. The summed E-state index contributed by atoms with van der Waals surface area (Å²) in [6, 6.07) is 8.07. The van der Waals surface area contributed by atoms with Gasteiger partial charge in [0.25, 0.3) is 0 Å². The van der Waals surface area contributed by atoms with Crippen LogP contribution in [0, 0.1) is 5.92 Å². The van der Waals surface area contributed by atoms with Crippen molar-refractivity contribution in [2.24, 2.45) is 5.92 Å². The Hall–Kier alpha value is -1.55. The third-order valence-corrected chi connectivity index (χ3v) is 3.18. The van der Waals surface area contributed by atoms with E-state index in [4.69, 9.17) is 9.47 Å². The lowest BCUT2D eigenvalue weighted by atomic mass is 9.94. The number of para-hydroxylation sites is 1. The van der Waals surface area contributed by atoms with Gasteiger partial charge in [-0.2, -0.15) is 0 Å². The smallest absolute Gasteiger partial charge is 0.311 e. The SMILES string of the molecule is CCCOCCOC(=O)C1CNc2ccccc2C1. The molecular formula is C15H21NO3. The number of benzene rings is 1. The molecule has 1 aliphatic rings. The van der Waals surface area contributed by atoms with Gasteiger partial charge in [-0.05, 0) is 24.5 Å². The number of rotatable bonds is 6. The van der Waals surface area contributed by atoms with Crippen molar-refractivity contribution in [2.75, 3.05) is 31.7 Å². The molecule has 0 bridgehead atoms. The molecule has 4 nitrogen and oxygen atoms in total. The van der Waals surface area contributed by atoms with Crippen molar-refractivity contribution < 1.29 is 14.3 Å². The van der Waals surface area contributed by atoms with Crippen LogP contribution in [0.15, 0.2) is 24.3 Å². The van der Waals surface area contributed by atoms with Crippen molar-refractivity contribution in [2.45, 2.75) is 19.8 Å². The van der Waals surface area contributed by atoms with Crippen LogP contribution in [0.1, 0.15) is 18.9 Å². The Morgan fingerprint density at radius 2 is 2.16 bits per heavy atom. The predicted molar refractivity (Wildman–Crippen MR) is 74.2 cm³/mol. The van der Waals surface area contributed by atoms with Crippen molar-refractivity contribution in [3.8, 4) is 0 Å². The summed E-state index contributed by atoms with van der Waals surface area (Å²) in [4.78, 5) is 11.9. The molecular weight excluding hydrogens is 242 g/mol. The standard InChI is InChI=1S/C15H21NO3/c1-2-7-18-8-9-19-15(17)13-10-12-5-3-4-6-14(12)16-11-13/h3-6,13,16H,2,7-11H2,1H3. The Kier molecular flexibility index (Phi) is 5.21. The molecule has 0 spiro atoms. The first-order chi connectivity index (χ1) is 9.31. The highest BCUT2D eigenvalue weighted by Gasteiger charge is 2.25. The van der Waals surface area contributed by atoms with Gasteiger partial charge in [0, 0.05) is 18.8 Å². The van der Waals surface area contributed by atoms with Crippen LogP contribution in [-0.4, -0.2) is 32.3 Å². The number of ether oxygens (including phenoxy) is 2. The topological polar surface area (TPSA) is 47.6 Å². The predicted octanol–water partition coefficient (Wildman–Crippen LogP) is 2.24. The second-order valence-corrected chi connectivity index (χ2v) is 4.72. The zero-order valence-corrected chi connectivity index (χ0v) is 11.4. The van der Waals surface area contributed by atoms with Gasteiger partial charge in [0.1, 0.15) is 6.61 Å². The Balaban J connectivity index is 1.76. The highest BCUT2D eigenvalue weighted by molar-refractivity contribution is 5.75. The van der Waals surface area contributed by atoms with Crippen molar-refractivity contribution in [3.63, 3.8) is 0 Å². The molecule has 2 rings (SSSR count). The summed E-state index contributed by atoms with van der Waals surface area (Å²) in [7, 11) is 0. The monoisotopic (exact) mass is 263 g/mol. The minimum Gasteiger partial charge on any atom is -0.463 e. The number of esters is 1. The van der Waals surface area contributed by atoms with Gasteiger partial charge in [0.2, 0.25) is 0 Å². The molecule has 0 saturated heterocycles. The maximum absolute atomic E-state index is 11.9. The molecule has 0 aromatic heterocycles. The highest BCUT2D eigenvalue weighted by atomic mass is 16.6. The first kappa shape index (κ1) is 13.9. The molecule has 4 heteroatoms. The average molecular weight is 263 g/mol. The van der Waals surface area contributed by atoms with Gasteiger partial charge >= 0.3 is 5.97 Å². The second-order valence-electron chi connectivity index (χ2n) is 4.72. The molecule has 19 heavy (non-hydrogen) atoms. The molecule has 0 saturated carbocycles. The quantitative estimate of drug-likeness (QED) is 0.631. The number of anilines is 1. The minimum atomic E-state index is -0.137. The van der Waals surface area contributed by atoms with Crippen molar-refractivity contribution >= 4 is 11.7 Å². The van der Waals surface area contributed by atoms with E-state index in [1.54, 1.807) is 0 Å². The van der Waals surface area contributed by atoms with Gasteiger partial charge in [-0.1, -0.05) is 25.1 Å². The number of carbonyl (C=O) groups is 1. The van der Waals surface area contributed by atoms with Crippen molar-refractivity contribution in [3.05, 3.63) is 29.8 Å². The Morgan fingerprint density at radius 1 is 1.32 bits per heavy atom. The van der Waals surface area contributed by atoms with E-state index in [0.717, 1.165) is 25.1 Å². The Bertz CT molecular complexity index is 420. The number of fused-ring (bicyclic) bond motifs is 1. The van der Waals surface area contributed by atoms with Crippen LogP contribution in [0.25, 0.3) is 0 Å². The lowest BCUT2D eigenvalue weighted by Crippen LogP contribution is -2.31. The van der Waals surface area contributed by atoms with Gasteiger partial charge in [-0.25, -0.2) is 0 Å². The van der Waals surface area contributed by atoms with Crippen molar-refractivity contribution in [1.82, 2.24) is 0 Å². The number of hydrogen-bond donors (Lipinski definition) is 1. The zero-order chi connectivity index (χ0) is 13.5. The lowest BCUT2D eigenvalue weighted by Gasteiger charge is -2.24. The summed E-state index contributed by atoms with van der Waals surface area (Å²) in [5, 5.41) is 3.27. The number of nitrogens with one attached hydrogen (secondary N) is 1. The van der Waals surface area contributed by atoms with E-state index in [1.807, 2.05) is 24.3 Å². The van der Waals surface area contributed by atoms with Crippen LogP contribution in [0.3, 0.4) is 0 Å². The van der Waals surface area contributed by atoms with Crippen LogP contribution in [0.4, 0.5) is 5.69 Å². The van der Waals surface area contributed by atoms with Gasteiger partial charge in [-0.3, -0.25) is 4.79 Å². The first-order valence-corrected chi connectivity index (χ1v) is 6.87. The third kappa shape index (κ3) is 3.96. The minimum absolute atomic E-state index is 0.0962. The van der Waals surface area contributed by atoms with Gasteiger partial charge in [0.15, 0.2) is 0 Å². The molecule has 1 aliphatic heterocycles. The molecule has 0 amide bonds. The molecule has 1 aromatic rings. The Labute approximate surface area is 114 Å². The average Bonchev–Trinajstić information content (AvgIpc) is 2.46. The first-order valence-electron chi connectivity index (χ1n) is 6.87. The van der Waals surface area contributed by atoms with E-state index in [-0.39, 0.29) is 11.9 Å². The summed E-state index contributed by atoms with van der Waals surface area (Å²) in [5.74, 6) is -0.233. The van der Waals surface area contributed by atoms with E-state index in [1.165, 1.54) is 5.56 Å². The molecule has 104 valence electrons. The fraction of sp³-hybridized carbons (Fsp3) is 0.533. The molecule has 0 aliphatic carbocycles. The van der Waals surface area contributed by atoms with Crippen LogP contribution < -0.4 is 5.32 Å². The maximum Gasteiger partial charge on any atom is 0.311 e. The van der Waals surface area contributed by atoms with E-state index >= 15 is 0 Å². The Morgan fingerprint density at radius 3 is 3.00 bits per heavy atom. The van der Waals surface area contributed by atoms with E-state index in [0.29, 0.717) is 19.8 Å². The van der Waals surface area contributed by atoms with Gasteiger partial charge in [0.05, 0.1) is 12.5 Å². The van der Waals surface area contributed by atoms with Gasteiger partial charge in [-0.15, -0.1) is 0 Å². The van der Waals surface area contributed by atoms with Crippen molar-refractivity contribution in [1.29, 1.82) is 0 Å². The second kappa shape index (κ2) is 7.14. The molecule has 1 unspecified atom stereocenters. The molecule has 1 heterocycles. The fourth-order valence-corrected chi connectivity index (χ4v) is 2.17.